The Hall–Kier alpha value is -2.66. The second-order valence-corrected chi connectivity index (χ2v) is 5.68. The molecule has 0 spiro atoms. The van der Waals surface area contributed by atoms with Crippen LogP contribution in [0.3, 0.4) is 0 Å². The molecule has 0 aliphatic rings. The van der Waals surface area contributed by atoms with Crippen molar-refractivity contribution in [1.29, 1.82) is 0 Å². The van der Waals surface area contributed by atoms with E-state index < -0.39 is 0 Å². The van der Waals surface area contributed by atoms with E-state index in [1.54, 1.807) is 6.07 Å². The third-order valence-electron chi connectivity index (χ3n) is 3.61. The van der Waals surface area contributed by atoms with E-state index in [9.17, 15) is 9.59 Å². The molecule has 126 valence electrons. The van der Waals surface area contributed by atoms with Crippen molar-refractivity contribution in [3.8, 4) is 0 Å². The van der Waals surface area contributed by atoms with Crippen LogP contribution in [0.5, 0.6) is 0 Å². The fraction of sp³-hybridized carbons (Fsp3) is 0.263. The van der Waals surface area contributed by atoms with Crippen LogP contribution in [0.25, 0.3) is 0 Å². The second kappa shape index (κ2) is 8.84. The summed E-state index contributed by atoms with van der Waals surface area (Å²) in [5.41, 5.74) is 8.67. The molecule has 4 N–H and O–H groups in total. The lowest BCUT2D eigenvalue weighted by molar-refractivity contribution is -0.116. The van der Waals surface area contributed by atoms with Crippen LogP contribution in [0.1, 0.15) is 24.0 Å². The molecule has 24 heavy (non-hydrogen) atoms. The molecule has 0 aliphatic heterocycles. The first-order valence-corrected chi connectivity index (χ1v) is 8.03. The number of nitrogens with one attached hydrogen (secondary N) is 2. The van der Waals surface area contributed by atoms with Gasteiger partial charge in [0.2, 0.25) is 11.8 Å². The first-order valence-electron chi connectivity index (χ1n) is 8.03. The summed E-state index contributed by atoms with van der Waals surface area (Å²) >= 11 is 0. The van der Waals surface area contributed by atoms with E-state index in [0.717, 1.165) is 11.1 Å². The van der Waals surface area contributed by atoms with Crippen LogP contribution in [-0.4, -0.2) is 18.4 Å². The summed E-state index contributed by atoms with van der Waals surface area (Å²) in [7, 11) is 0. The number of hydrogen-bond acceptors (Lipinski definition) is 3. The van der Waals surface area contributed by atoms with Gasteiger partial charge in [0, 0.05) is 17.8 Å². The van der Waals surface area contributed by atoms with Crippen molar-refractivity contribution >= 4 is 23.2 Å². The molecular weight excluding hydrogens is 302 g/mol. The Balaban J connectivity index is 2.00. The van der Waals surface area contributed by atoms with Gasteiger partial charge in [-0.05, 0) is 43.1 Å². The second-order valence-electron chi connectivity index (χ2n) is 5.68. The van der Waals surface area contributed by atoms with E-state index in [1.807, 2.05) is 49.4 Å². The average molecular weight is 325 g/mol. The third kappa shape index (κ3) is 5.52. The highest BCUT2D eigenvalue weighted by molar-refractivity contribution is 5.95. The van der Waals surface area contributed by atoms with Crippen LogP contribution in [0.4, 0.5) is 11.4 Å². The van der Waals surface area contributed by atoms with Crippen LogP contribution in [0, 0.1) is 6.92 Å². The first kappa shape index (κ1) is 17.7. The van der Waals surface area contributed by atoms with Gasteiger partial charge in [0.05, 0.1) is 6.42 Å². The van der Waals surface area contributed by atoms with E-state index >= 15 is 0 Å². The highest BCUT2D eigenvalue weighted by Crippen LogP contribution is 2.21. The lowest BCUT2D eigenvalue weighted by atomic mass is 10.1. The molecule has 5 nitrogen and oxygen atoms in total. The van der Waals surface area contributed by atoms with Gasteiger partial charge in [-0.3, -0.25) is 9.59 Å². The molecule has 0 radical (unpaired) electrons. The summed E-state index contributed by atoms with van der Waals surface area (Å²) in [6, 6.07) is 15.0. The van der Waals surface area contributed by atoms with Gasteiger partial charge in [-0.2, -0.15) is 0 Å². The topological polar surface area (TPSA) is 84.2 Å². The Morgan fingerprint density at radius 1 is 1.00 bits per heavy atom. The van der Waals surface area contributed by atoms with Crippen molar-refractivity contribution in [3.63, 3.8) is 0 Å². The predicted octanol–water partition coefficient (Wildman–Crippen LogP) is 2.85. The number of benzene rings is 2. The monoisotopic (exact) mass is 325 g/mol. The van der Waals surface area contributed by atoms with E-state index in [0.29, 0.717) is 37.2 Å². The molecule has 0 saturated heterocycles. The standard InChI is InChI=1S/C19H23N3O2/c1-14-9-10-16(21-18(23)8-5-11-20)13-17(14)22-19(24)12-15-6-3-2-4-7-15/h2-4,6-7,9-10,13H,5,8,11-12,20H2,1H3,(H,21,23)(H,22,24). The molecule has 0 unspecified atom stereocenters. The zero-order chi connectivity index (χ0) is 17.4. The minimum absolute atomic E-state index is 0.0779. The Morgan fingerprint density at radius 2 is 1.75 bits per heavy atom. The molecule has 2 amide bonds. The van der Waals surface area contributed by atoms with Gasteiger partial charge in [-0.1, -0.05) is 36.4 Å². The molecular formula is C19H23N3O2. The molecule has 0 heterocycles. The SMILES string of the molecule is Cc1ccc(NC(=O)CCCN)cc1NC(=O)Cc1ccccc1. The normalized spacial score (nSPS) is 10.2. The summed E-state index contributed by atoms with van der Waals surface area (Å²) in [5, 5.41) is 5.73. The Morgan fingerprint density at radius 3 is 2.46 bits per heavy atom. The zero-order valence-corrected chi connectivity index (χ0v) is 13.8. The fourth-order valence-electron chi connectivity index (χ4n) is 2.30. The van der Waals surface area contributed by atoms with Gasteiger partial charge in [0.25, 0.3) is 0 Å². The molecule has 0 fully saturated rings. The number of hydrogen-bond donors (Lipinski definition) is 3. The van der Waals surface area contributed by atoms with Crippen LogP contribution >= 0.6 is 0 Å². The summed E-state index contributed by atoms with van der Waals surface area (Å²) < 4.78 is 0. The summed E-state index contributed by atoms with van der Waals surface area (Å²) in [6.07, 6.45) is 1.35. The van der Waals surface area contributed by atoms with E-state index in [1.165, 1.54) is 0 Å². The molecule has 0 aromatic heterocycles. The number of carbonyl (C=O) groups is 2. The van der Waals surface area contributed by atoms with Gasteiger partial charge >= 0.3 is 0 Å². The highest BCUT2D eigenvalue weighted by Gasteiger charge is 2.08. The molecule has 2 aromatic carbocycles. The maximum Gasteiger partial charge on any atom is 0.228 e. The maximum atomic E-state index is 12.2. The molecule has 2 aromatic rings. The number of nitrogens with two attached hydrogens (primary N) is 1. The molecule has 0 bridgehead atoms. The van der Waals surface area contributed by atoms with Crippen molar-refractivity contribution in [2.75, 3.05) is 17.2 Å². The van der Waals surface area contributed by atoms with Gasteiger partial charge in [-0.15, -0.1) is 0 Å². The third-order valence-corrected chi connectivity index (χ3v) is 3.61. The number of anilines is 2. The summed E-state index contributed by atoms with van der Waals surface area (Å²) in [5.74, 6) is -0.165. The van der Waals surface area contributed by atoms with Gasteiger partial charge in [0.1, 0.15) is 0 Å². The molecule has 5 heteroatoms. The fourth-order valence-corrected chi connectivity index (χ4v) is 2.30. The summed E-state index contributed by atoms with van der Waals surface area (Å²) in [6.45, 7) is 2.40. The quantitative estimate of drug-likeness (QED) is 0.732. The minimum Gasteiger partial charge on any atom is -0.330 e. The predicted molar refractivity (Wildman–Crippen MR) is 96.9 cm³/mol. The van der Waals surface area contributed by atoms with Crippen molar-refractivity contribution in [1.82, 2.24) is 0 Å². The lowest BCUT2D eigenvalue weighted by Gasteiger charge is -2.12. The maximum absolute atomic E-state index is 12.2. The summed E-state index contributed by atoms with van der Waals surface area (Å²) in [4.78, 5) is 24.0. The van der Waals surface area contributed by atoms with E-state index in [-0.39, 0.29) is 11.8 Å². The molecule has 2 rings (SSSR count). The molecule has 0 saturated carbocycles. The molecule has 0 atom stereocenters. The van der Waals surface area contributed by atoms with Gasteiger partial charge in [0.15, 0.2) is 0 Å². The van der Waals surface area contributed by atoms with Crippen molar-refractivity contribution < 1.29 is 9.59 Å². The van der Waals surface area contributed by atoms with E-state index in [2.05, 4.69) is 10.6 Å². The van der Waals surface area contributed by atoms with Crippen LogP contribution in [0.2, 0.25) is 0 Å². The first-order chi connectivity index (χ1) is 11.6. The Labute approximate surface area is 142 Å². The van der Waals surface area contributed by atoms with Crippen LogP contribution < -0.4 is 16.4 Å². The minimum atomic E-state index is -0.0871. The number of carbonyl (C=O) groups excluding carboxylic acids is 2. The number of rotatable bonds is 7. The Kier molecular flexibility index (Phi) is 6.51. The van der Waals surface area contributed by atoms with Gasteiger partial charge < -0.3 is 16.4 Å². The average Bonchev–Trinajstić information content (AvgIpc) is 2.57. The Bertz CT molecular complexity index is 699. The van der Waals surface area contributed by atoms with Crippen molar-refractivity contribution in [3.05, 3.63) is 59.7 Å². The van der Waals surface area contributed by atoms with Crippen LogP contribution in [-0.2, 0) is 16.0 Å². The lowest BCUT2D eigenvalue weighted by Crippen LogP contribution is -2.16. The largest absolute Gasteiger partial charge is 0.330 e. The zero-order valence-electron chi connectivity index (χ0n) is 13.8. The molecule has 0 aliphatic carbocycles. The van der Waals surface area contributed by atoms with Crippen molar-refractivity contribution in [2.45, 2.75) is 26.2 Å². The smallest absolute Gasteiger partial charge is 0.228 e. The van der Waals surface area contributed by atoms with Crippen molar-refractivity contribution in [2.24, 2.45) is 5.73 Å². The van der Waals surface area contributed by atoms with Crippen LogP contribution in [0.15, 0.2) is 48.5 Å². The number of amides is 2. The highest BCUT2D eigenvalue weighted by atomic mass is 16.2. The van der Waals surface area contributed by atoms with Gasteiger partial charge in [-0.25, -0.2) is 0 Å². The number of aryl methyl sites for hydroxylation is 1. The van der Waals surface area contributed by atoms with E-state index in [4.69, 9.17) is 5.73 Å².